The smallest absolute Gasteiger partial charge is 0.290 e. The van der Waals surface area contributed by atoms with E-state index in [1.807, 2.05) is 79.7 Å². The fourth-order valence-electron chi connectivity index (χ4n) is 3.37. The van der Waals surface area contributed by atoms with Crippen LogP contribution >= 0.6 is 11.8 Å². The Bertz CT molecular complexity index is 1080. The van der Waals surface area contributed by atoms with Crippen molar-refractivity contribution in [2.75, 3.05) is 0 Å². The summed E-state index contributed by atoms with van der Waals surface area (Å²) in [5.41, 5.74) is 3.98. The summed E-state index contributed by atoms with van der Waals surface area (Å²) in [5.74, 6) is -0.357. The maximum absolute atomic E-state index is 11.9. The molecule has 0 spiro atoms. The number of carbonyl (C=O) groups excluding carboxylic acids is 2. The van der Waals surface area contributed by atoms with E-state index < -0.39 is 0 Å². The van der Waals surface area contributed by atoms with Gasteiger partial charge in [-0.3, -0.25) is 14.9 Å². The molecule has 1 heterocycles. The number of imide groups is 1. The molecule has 4 rings (SSSR count). The SMILES string of the molecule is C[C@@H](OC(c1ccccc1)c1cccc(C=C2SC(=O)NC2=O)c1)c1ccccc1. The Kier molecular flexibility index (Phi) is 6.12. The zero-order chi connectivity index (χ0) is 20.9. The van der Waals surface area contributed by atoms with Crippen LogP contribution in [-0.4, -0.2) is 11.1 Å². The first-order valence-electron chi connectivity index (χ1n) is 9.70. The van der Waals surface area contributed by atoms with E-state index in [4.69, 9.17) is 4.74 Å². The van der Waals surface area contributed by atoms with E-state index in [1.165, 1.54) is 0 Å². The molecule has 30 heavy (non-hydrogen) atoms. The molecule has 0 aliphatic carbocycles. The Balaban J connectivity index is 1.67. The van der Waals surface area contributed by atoms with E-state index in [-0.39, 0.29) is 23.4 Å². The molecule has 1 N–H and O–H groups in total. The van der Waals surface area contributed by atoms with Crippen LogP contribution in [0.5, 0.6) is 0 Å². The Morgan fingerprint density at radius 1 is 0.833 bits per heavy atom. The summed E-state index contributed by atoms with van der Waals surface area (Å²) in [6.07, 6.45) is 1.36. The molecule has 2 amide bonds. The lowest BCUT2D eigenvalue weighted by Crippen LogP contribution is -2.17. The summed E-state index contributed by atoms with van der Waals surface area (Å²) in [7, 11) is 0. The number of benzene rings is 3. The lowest BCUT2D eigenvalue weighted by Gasteiger charge is -2.24. The maximum atomic E-state index is 11.9. The number of carbonyl (C=O) groups is 2. The fraction of sp³-hybridized carbons (Fsp3) is 0.120. The topological polar surface area (TPSA) is 55.4 Å². The largest absolute Gasteiger partial charge is 0.361 e. The molecule has 1 aliphatic rings. The monoisotopic (exact) mass is 415 g/mol. The first-order chi connectivity index (χ1) is 14.6. The summed E-state index contributed by atoms with van der Waals surface area (Å²) >= 11 is 0.917. The summed E-state index contributed by atoms with van der Waals surface area (Å²) in [6.45, 7) is 2.04. The predicted octanol–water partition coefficient (Wildman–Crippen LogP) is 5.88. The number of thioether (sulfide) groups is 1. The van der Waals surface area contributed by atoms with Crippen molar-refractivity contribution in [1.82, 2.24) is 5.32 Å². The van der Waals surface area contributed by atoms with Gasteiger partial charge in [0.15, 0.2) is 0 Å². The first-order valence-corrected chi connectivity index (χ1v) is 10.5. The number of hydrogen-bond acceptors (Lipinski definition) is 4. The van der Waals surface area contributed by atoms with Crippen LogP contribution in [-0.2, 0) is 9.53 Å². The highest BCUT2D eigenvalue weighted by Crippen LogP contribution is 2.33. The third-order valence-corrected chi connectivity index (χ3v) is 5.68. The zero-order valence-corrected chi connectivity index (χ0v) is 17.3. The van der Waals surface area contributed by atoms with Gasteiger partial charge in [0.1, 0.15) is 6.10 Å². The normalized spacial score (nSPS) is 17.0. The molecule has 2 atom stereocenters. The number of rotatable bonds is 6. The summed E-state index contributed by atoms with van der Waals surface area (Å²) in [4.78, 5) is 23.7. The average Bonchev–Trinajstić information content (AvgIpc) is 3.09. The van der Waals surface area contributed by atoms with Gasteiger partial charge in [-0.15, -0.1) is 0 Å². The van der Waals surface area contributed by atoms with Crippen LogP contribution in [0.4, 0.5) is 4.79 Å². The van der Waals surface area contributed by atoms with Gasteiger partial charge in [0.05, 0.1) is 11.0 Å². The van der Waals surface area contributed by atoms with Gasteiger partial charge in [-0.1, -0.05) is 78.9 Å². The molecule has 3 aromatic carbocycles. The third-order valence-electron chi connectivity index (χ3n) is 4.86. The summed E-state index contributed by atoms with van der Waals surface area (Å²) < 4.78 is 6.51. The first kappa shape index (κ1) is 20.1. The summed E-state index contributed by atoms with van der Waals surface area (Å²) in [5, 5.41) is 1.94. The van der Waals surface area contributed by atoms with E-state index in [2.05, 4.69) is 17.4 Å². The molecule has 150 valence electrons. The molecule has 5 heteroatoms. The van der Waals surface area contributed by atoms with Crippen molar-refractivity contribution in [2.45, 2.75) is 19.1 Å². The van der Waals surface area contributed by atoms with Crippen LogP contribution < -0.4 is 5.32 Å². The van der Waals surface area contributed by atoms with Crippen molar-refractivity contribution in [3.63, 3.8) is 0 Å². The fourth-order valence-corrected chi connectivity index (χ4v) is 4.05. The van der Waals surface area contributed by atoms with Gasteiger partial charge in [0, 0.05) is 0 Å². The quantitative estimate of drug-likeness (QED) is 0.511. The predicted molar refractivity (Wildman–Crippen MR) is 120 cm³/mol. The van der Waals surface area contributed by atoms with Gasteiger partial charge in [-0.25, -0.2) is 0 Å². The van der Waals surface area contributed by atoms with Crippen LogP contribution in [0.1, 0.15) is 41.4 Å². The molecular weight excluding hydrogens is 394 g/mol. The Hall–Kier alpha value is -3.15. The van der Waals surface area contributed by atoms with Crippen LogP contribution in [0.2, 0.25) is 0 Å². The molecule has 0 aromatic heterocycles. The van der Waals surface area contributed by atoms with E-state index in [0.717, 1.165) is 34.0 Å². The van der Waals surface area contributed by atoms with Crippen molar-refractivity contribution in [1.29, 1.82) is 0 Å². The van der Waals surface area contributed by atoms with Crippen molar-refractivity contribution in [3.8, 4) is 0 Å². The Morgan fingerprint density at radius 3 is 2.10 bits per heavy atom. The molecule has 0 saturated carbocycles. The van der Waals surface area contributed by atoms with Crippen molar-refractivity contribution in [2.24, 2.45) is 0 Å². The second-order valence-corrected chi connectivity index (χ2v) is 8.02. The molecule has 3 aromatic rings. The standard InChI is InChI=1S/C25H21NO3S/c1-17(19-10-4-2-5-11-19)29-23(20-12-6-3-7-13-20)21-14-8-9-18(15-21)16-22-24(27)26-25(28)30-22/h2-17,23H,1H3,(H,26,27,28)/t17-,23?/m1/s1. The lowest BCUT2D eigenvalue weighted by atomic mass is 9.98. The zero-order valence-electron chi connectivity index (χ0n) is 16.4. The number of ether oxygens (including phenoxy) is 1. The van der Waals surface area contributed by atoms with Gasteiger partial charge in [-0.05, 0) is 53.1 Å². The highest BCUT2D eigenvalue weighted by Gasteiger charge is 2.25. The third kappa shape index (κ3) is 4.70. The molecule has 1 unspecified atom stereocenters. The van der Waals surface area contributed by atoms with E-state index in [0.29, 0.717) is 4.91 Å². The van der Waals surface area contributed by atoms with Gasteiger partial charge in [0.2, 0.25) is 0 Å². The van der Waals surface area contributed by atoms with Crippen molar-refractivity contribution >= 4 is 29.0 Å². The van der Waals surface area contributed by atoms with Crippen molar-refractivity contribution in [3.05, 3.63) is 112 Å². The second-order valence-electron chi connectivity index (χ2n) is 7.00. The minimum absolute atomic E-state index is 0.104. The molecular formula is C25H21NO3S. The van der Waals surface area contributed by atoms with E-state index in [1.54, 1.807) is 6.08 Å². The van der Waals surface area contributed by atoms with E-state index in [9.17, 15) is 9.59 Å². The Labute approximate surface area is 180 Å². The molecule has 0 radical (unpaired) electrons. The minimum Gasteiger partial charge on any atom is -0.361 e. The molecule has 4 nitrogen and oxygen atoms in total. The van der Waals surface area contributed by atoms with Gasteiger partial charge in [-0.2, -0.15) is 0 Å². The molecule has 1 saturated heterocycles. The Morgan fingerprint density at radius 2 is 1.47 bits per heavy atom. The second kappa shape index (κ2) is 9.11. The average molecular weight is 416 g/mol. The number of amides is 2. The number of hydrogen-bond donors (Lipinski definition) is 1. The highest BCUT2D eigenvalue weighted by atomic mass is 32.2. The lowest BCUT2D eigenvalue weighted by molar-refractivity contribution is -0.115. The van der Waals surface area contributed by atoms with Crippen LogP contribution in [0.15, 0.2) is 89.8 Å². The van der Waals surface area contributed by atoms with E-state index >= 15 is 0 Å². The minimum atomic E-state index is -0.357. The van der Waals surface area contributed by atoms with Gasteiger partial charge in [0.25, 0.3) is 11.1 Å². The van der Waals surface area contributed by atoms with Gasteiger partial charge < -0.3 is 4.74 Å². The summed E-state index contributed by atoms with van der Waals surface area (Å²) in [6, 6.07) is 28.0. The highest BCUT2D eigenvalue weighted by molar-refractivity contribution is 8.18. The van der Waals surface area contributed by atoms with Gasteiger partial charge >= 0.3 is 0 Å². The molecule has 1 aliphatic heterocycles. The van der Waals surface area contributed by atoms with Crippen LogP contribution in [0.25, 0.3) is 6.08 Å². The van der Waals surface area contributed by atoms with Crippen LogP contribution in [0, 0.1) is 0 Å². The number of nitrogens with one attached hydrogen (secondary N) is 1. The van der Waals surface area contributed by atoms with Crippen LogP contribution in [0.3, 0.4) is 0 Å². The molecule has 1 fully saturated rings. The van der Waals surface area contributed by atoms with Crippen molar-refractivity contribution < 1.29 is 14.3 Å². The molecule has 0 bridgehead atoms. The maximum Gasteiger partial charge on any atom is 0.290 e.